The van der Waals surface area contributed by atoms with Gasteiger partial charge in [0.15, 0.2) is 0 Å². The molecule has 136 valence electrons. The van der Waals surface area contributed by atoms with Gasteiger partial charge in [0.05, 0.1) is 0 Å². The van der Waals surface area contributed by atoms with E-state index in [1.807, 2.05) is 35.2 Å². The minimum atomic E-state index is -0.282. The van der Waals surface area contributed by atoms with E-state index in [0.29, 0.717) is 32.1 Å². The molecule has 5 nitrogen and oxygen atoms in total. The van der Waals surface area contributed by atoms with Gasteiger partial charge in [-0.2, -0.15) is 0 Å². The quantitative estimate of drug-likeness (QED) is 0.844. The molecule has 1 aliphatic carbocycles. The van der Waals surface area contributed by atoms with Crippen molar-refractivity contribution in [3.8, 4) is 0 Å². The van der Waals surface area contributed by atoms with E-state index in [0.717, 1.165) is 31.4 Å². The summed E-state index contributed by atoms with van der Waals surface area (Å²) < 4.78 is 5.42. The number of rotatable bonds is 3. The Kier molecular flexibility index (Phi) is 6.31. The first-order valence-electron chi connectivity index (χ1n) is 9.48. The van der Waals surface area contributed by atoms with Gasteiger partial charge in [-0.05, 0) is 24.8 Å². The molecule has 0 bridgehead atoms. The van der Waals surface area contributed by atoms with Crippen molar-refractivity contribution in [1.29, 1.82) is 0 Å². The van der Waals surface area contributed by atoms with E-state index in [-0.39, 0.29) is 12.0 Å². The second-order valence-corrected chi connectivity index (χ2v) is 7.04. The standard InChI is InChI=1S/C20H28N2O3/c23-19(18-10-5-2-6-11-18)21-12-7-13-22(15-14-21)20(24)25-16-17-8-3-1-4-9-17/h1,3-4,8-9,18H,2,5-7,10-16H2. The van der Waals surface area contributed by atoms with Crippen LogP contribution in [0.4, 0.5) is 4.79 Å². The van der Waals surface area contributed by atoms with Crippen LogP contribution >= 0.6 is 0 Å². The van der Waals surface area contributed by atoms with Gasteiger partial charge in [0.1, 0.15) is 6.61 Å². The minimum absolute atomic E-state index is 0.199. The van der Waals surface area contributed by atoms with Crippen LogP contribution < -0.4 is 0 Å². The third kappa shape index (κ3) is 4.97. The van der Waals surface area contributed by atoms with Crippen molar-refractivity contribution in [2.75, 3.05) is 26.2 Å². The van der Waals surface area contributed by atoms with E-state index >= 15 is 0 Å². The predicted octanol–water partition coefficient (Wildman–Crippen LogP) is 3.44. The highest BCUT2D eigenvalue weighted by atomic mass is 16.6. The Hall–Kier alpha value is -2.04. The summed E-state index contributed by atoms with van der Waals surface area (Å²) >= 11 is 0. The summed E-state index contributed by atoms with van der Waals surface area (Å²) in [4.78, 5) is 28.7. The molecule has 1 aromatic carbocycles. The van der Waals surface area contributed by atoms with Crippen molar-refractivity contribution in [3.63, 3.8) is 0 Å². The van der Waals surface area contributed by atoms with Crippen LogP contribution in [-0.4, -0.2) is 48.0 Å². The Morgan fingerprint density at radius 3 is 2.32 bits per heavy atom. The van der Waals surface area contributed by atoms with Crippen molar-refractivity contribution in [3.05, 3.63) is 35.9 Å². The summed E-state index contributed by atoms with van der Waals surface area (Å²) in [5.74, 6) is 0.490. The first kappa shape index (κ1) is 17.8. The first-order valence-corrected chi connectivity index (χ1v) is 9.48. The van der Waals surface area contributed by atoms with Crippen molar-refractivity contribution in [2.24, 2.45) is 5.92 Å². The number of ether oxygens (including phenoxy) is 1. The van der Waals surface area contributed by atoms with Gasteiger partial charge in [0.2, 0.25) is 5.91 Å². The number of nitrogens with zero attached hydrogens (tertiary/aromatic N) is 2. The zero-order valence-electron chi connectivity index (χ0n) is 14.9. The molecule has 3 rings (SSSR count). The van der Waals surface area contributed by atoms with Crippen LogP contribution in [0.25, 0.3) is 0 Å². The SMILES string of the molecule is O=C(OCc1ccccc1)N1CCCN(C(=O)C2CCCCC2)CC1. The van der Waals surface area contributed by atoms with Crippen LogP contribution in [0.1, 0.15) is 44.1 Å². The molecule has 2 fully saturated rings. The number of carbonyl (C=O) groups excluding carboxylic acids is 2. The normalized spacial score (nSPS) is 19.4. The Balaban J connectivity index is 1.47. The molecule has 1 heterocycles. The molecule has 0 unspecified atom stereocenters. The average molecular weight is 344 g/mol. The smallest absolute Gasteiger partial charge is 0.410 e. The van der Waals surface area contributed by atoms with Crippen molar-refractivity contribution in [1.82, 2.24) is 9.80 Å². The van der Waals surface area contributed by atoms with Crippen molar-refractivity contribution >= 4 is 12.0 Å². The minimum Gasteiger partial charge on any atom is -0.445 e. The monoisotopic (exact) mass is 344 g/mol. The highest BCUT2D eigenvalue weighted by Crippen LogP contribution is 2.25. The fourth-order valence-electron chi connectivity index (χ4n) is 3.74. The number of hydrogen-bond acceptors (Lipinski definition) is 3. The van der Waals surface area contributed by atoms with Gasteiger partial charge in [-0.1, -0.05) is 49.6 Å². The fourth-order valence-corrected chi connectivity index (χ4v) is 3.74. The van der Waals surface area contributed by atoms with E-state index in [1.165, 1.54) is 19.3 Å². The molecule has 1 saturated carbocycles. The predicted molar refractivity (Wildman–Crippen MR) is 96.0 cm³/mol. The van der Waals surface area contributed by atoms with Gasteiger partial charge >= 0.3 is 6.09 Å². The van der Waals surface area contributed by atoms with E-state index in [4.69, 9.17) is 4.74 Å². The van der Waals surface area contributed by atoms with Crippen LogP contribution in [0.3, 0.4) is 0 Å². The molecule has 5 heteroatoms. The maximum Gasteiger partial charge on any atom is 0.410 e. The van der Waals surface area contributed by atoms with Gasteiger partial charge in [-0.15, -0.1) is 0 Å². The van der Waals surface area contributed by atoms with Crippen LogP contribution in [0.15, 0.2) is 30.3 Å². The Labute approximate surface area is 149 Å². The lowest BCUT2D eigenvalue weighted by atomic mass is 9.88. The molecule has 2 aliphatic rings. The van der Waals surface area contributed by atoms with Crippen LogP contribution in [0, 0.1) is 5.92 Å². The third-order valence-corrected chi connectivity index (χ3v) is 5.23. The lowest BCUT2D eigenvalue weighted by molar-refractivity contribution is -0.136. The summed E-state index contributed by atoms with van der Waals surface area (Å²) in [6, 6.07) is 9.70. The van der Waals surface area contributed by atoms with Gasteiger partial charge < -0.3 is 14.5 Å². The molecule has 1 saturated heterocycles. The molecule has 1 aliphatic heterocycles. The van der Waals surface area contributed by atoms with Crippen LogP contribution in [0.5, 0.6) is 0 Å². The Bertz CT molecular complexity index is 570. The highest BCUT2D eigenvalue weighted by Gasteiger charge is 2.28. The summed E-state index contributed by atoms with van der Waals surface area (Å²) in [6.45, 7) is 2.88. The average Bonchev–Trinajstić information content (AvgIpc) is 2.93. The van der Waals surface area contributed by atoms with Gasteiger partial charge in [0.25, 0.3) is 0 Å². The lowest BCUT2D eigenvalue weighted by Gasteiger charge is -2.28. The zero-order chi connectivity index (χ0) is 17.5. The number of benzene rings is 1. The third-order valence-electron chi connectivity index (χ3n) is 5.23. The molecule has 1 aromatic rings. The molecule has 0 N–H and O–H groups in total. The molecular weight excluding hydrogens is 316 g/mol. The number of amides is 2. The van der Waals surface area contributed by atoms with Crippen molar-refractivity contribution in [2.45, 2.75) is 45.1 Å². The Morgan fingerprint density at radius 1 is 0.880 bits per heavy atom. The summed E-state index contributed by atoms with van der Waals surface area (Å²) in [6.07, 6.45) is 6.18. The summed E-state index contributed by atoms with van der Waals surface area (Å²) in [5, 5.41) is 0. The fraction of sp³-hybridized carbons (Fsp3) is 0.600. The van der Waals surface area contributed by atoms with Gasteiger partial charge in [-0.3, -0.25) is 4.79 Å². The second kappa shape index (κ2) is 8.88. The van der Waals surface area contributed by atoms with E-state index in [9.17, 15) is 9.59 Å². The summed E-state index contributed by atoms with van der Waals surface area (Å²) in [7, 11) is 0. The number of carbonyl (C=O) groups is 2. The van der Waals surface area contributed by atoms with Crippen molar-refractivity contribution < 1.29 is 14.3 Å². The second-order valence-electron chi connectivity index (χ2n) is 7.04. The largest absolute Gasteiger partial charge is 0.445 e. The zero-order valence-corrected chi connectivity index (χ0v) is 14.9. The lowest BCUT2D eigenvalue weighted by Crippen LogP contribution is -2.40. The number of hydrogen-bond donors (Lipinski definition) is 0. The molecule has 25 heavy (non-hydrogen) atoms. The van der Waals surface area contributed by atoms with E-state index < -0.39 is 0 Å². The van der Waals surface area contributed by atoms with E-state index in [1.54, 1.807) is 4.90 Å². The highest BCUT2D eigenvalue weighted by molar-refractivity contribution is 5.79. The van der Waals surface area contributed by atoms with E-state index in [2.05, 4.69) is 0 Å². The molecule has 0 aromatic heterocycles. The molecule has 2 amide bonds. The van der Waals surface area contributed by atoms with Crippen LogP contribution in [-0.2, 0) is 16.1 Å². The van der Waals surface area contributed by atoms with Gasteiger partial charge in [0, 0.05) is 32.1 Å². The van der Waals surface area contributed by atoms with Gasteiger partial charge in [-0.25, -0.2) is 4.79 Å². The Morgan fingerprint density at radius 2 is 1.56 bits per heavy atom. The molecular formula is C20H28N2O3. The maximum atomic E-state index is 12.7. The molecule has 0 radical (unpaired) electrons. The van der Waals surface area contributed by atoms with Crippen LogP contribution in [0.2, 0.25) is 0 Å². The first-order chi connectivity index (χ1) is 12.2. The summed E-state index contributed by atoms with van der Waals surface area (Å²) in [5.41, 5.74) is 0.986. The molecule has 0 atom stereocenters. The molecule has 0 spiro atoms. The maximum absolute atomic E-state index is 12.7. The topological polar surface area (TPSA) is 49.9 Å².